The standard InChI is InChI=1S/C16H27N3O3/c20-15(17-13-4-1-2-5-13)12-18-7-9-19(10-8-18)16(21)14-6-3-11-22-14/h13-14H,1-12H2,(H,17,20)/p+1/t14-/m1/s1. The van der Waals surface area contributed by atoms with Crippen LogP contribution in [0.25, 0.3) is 0 Å². The molecule has 1 aliphatic carbocycles. The summed E-state index contributed by atoms with van der Waals surface area (Å²) in [7, 11) is 0. The zero-order valence-corrected chi connectivity index (χ0v) is 13.3. The van der Waals surface area contributed by atoms with Crippen LogP contribution in [-0.2, 0) is 14.3 Å². The van der Waals surface area contributed by atoms with Gasteiger partial charge >= 0.3 is 0 Å². The highest BCUT2D eigenvalue weighted by Crippen LogP contribution is 2.17. The van der Waals surface area contributed by atoms with E-state index in [4.69, 9.17) is 4.74 Å². The van der Waals surface area contributed by atoms with Gasteiger partial charge in [0.05, 0.1) is 26.2 Å². The minimum absolute atomic E-state index is 0.145. The summed E-state index contributed by atoms with van der Waals surface area (Å²) >= 11 is 0. The number of hydrogen-bond donors (Lipinski definition) is 2. The summed E-state index contributed by atoms with van der Waals surface area (Å²) in [6, 6.07) is 0.397. The number of piperazine rings is 1. The number of hydrogen-bond acceptors (Lipinski definition) is 3. The molecular formula is C16H28N3O3+. The summed E-state index contributed by atoms with van der Waals surface area (Å²) in [4.78, 5) is 27.5. The molecule has 6 heteroatoms. The fourth-order valence-corrected chi connectivity index (χ4v) is 3.77. The predicted molar refractivity (Wildman–Crippen MR) is 81.5 cm³/mol. The zero-order valence-electron chi connectivity index (χ0n) is 13.3. The SMILES string of the molecule is O=C(C[NH+]1CCN(C(=O)[C@H]2CCCO2)CC1)NC1CCCC1. The Morgan fingerprint density at radius 1 is 1.09 bits per heavy atom. The van der Waals surface area contributed by atoms with Gasteiger partial charge in [0.25, 0.3) is 11.8 Å². The molecule has 0 bridgehead atoms. The Labute approximate surface area is 132 Å². The number of nitrogens with zero attached hydrogens (tertiary/aromatic N) is 1. The highest BCUT2D eigenvalue weighted by Gasteiger charge is 2.32. The average Bonchev–Trinajstić information content (AvgIpc) is 3.20. The molecule has 0 unspecified atom stereocenters. The molecule has 3 fully saturated rings. The molecule has 2 heterocycles. The lowest BCUT2D eigenvalue weighted by molar-refractivity contribution is -0.896. The zero-order chi connectivity index (χ0) is 15.4. The van der Waals surface area contributed by atoms with E-state index in [1.54, 1.807) is 0 Å². The minimum atomic E-state index is -0.216. The van der Waals surface area contributed by atoms with Crippen molar-refractivity contribution in [2.75, 3.05) is 39.3 Å². The minimum Gasteiger partial charge on any atom is -0.368 e. The molecule has 124 valence electrons. The first kappa shape index (κ1) is 15.7. The Balaban J connectivity index is 1.37. The molecule has 2 aliphatic heterocycles. The van der Waals surface area contributed by atoms with Gasteiger partial charge in [-0.3, -0.25) is 9.59 Å². The van der Waals surface area contributed by atoms with Gasteiger partial charge in [0.2, 0.25) is 0 Å². The molecule has 0 aromatic rings. The summed E-state index contributed by atoms with van der Waals surface area (Å²) < 4.78 is 5.47. The Hall–Kier alpha value is -1.14. The van der Waals surface area contributed by atoms with Crippen molar-refractivity contribution in [3.8, 4) is 0 Å². The van der Waals surface area contributed by atoms with E-state index in [-0.39, 0.29) is 17.9 Å². The number of carbonyl (C=O) groups excluding carboxylic acids is 2. The summed E-state index contributed by atoms with van der Waals surface area (Å²) in [5.74, 6) is 0.313. The first-order valence-corrected chi connectivity index (χ1v) is 8.75. The molecule has 0 radical (unpaired) electrons. The molecule has 6 nitrogen and oxygen atoms in total. The third-order valence-electron chi connectivity index (χ3n) is 5.12. The van der Waals surface area contributed by atoms with Crippen LogP contribution in [0.1, 0.15) is 38.5 Å². The Morgan fingerprint density at radius 3 is 2.45 bits per heavy atom. The van der Waals surface area contributed by atoms with Gasteiger partial charge in [0.15, 0.2) is 6.54 Å². The molecule has 2 N–H and O–H groups in total. The molecule has 3 rings (SSSR count). The van der Waals surface area contributed by atoms with Crippen molar-refractivity contribution >= 4 is 11.8 Å². The summed E-state index contributed by atoms with van der Waals surface area (Å²) in [5.41, 5.74) is 0. The maximum Gasteiger partial charge on any atom is 0.275 e. The molecule has 2 amide bonds. The van der Waals surface area contributed by atoms with Gasteiger partial charge in [-0.2, -0.15) is 0 Å². The van der Waals surface area contributed by atoms with E-state index < -0.39 is 0 Å². The quantitative estimate of drug-likeness (QED) is 0.697. The van der Waals surface area contributed by atoms with Gasteiger partial charge in [-0.1, -0.05) is 12.8 Å². The highest BCUT2D eigenvalue weighted by molar-refractivity contribution is 5.81. The topological polar surface area (TPSA) is 63.1 Å². The van der Waals surface area contributed by atoms with E-state index in [2.05, 4.69) is 5.32 Å². The lowest BCUT2D eigenvalue weighted by Crippen LogP contribution is -3.16. The van der Waals surface area contributed by atoms with Crippen molar-refractivity contribution in [2.24, 2.45) is 0 Å². The molecule has 1 saturated carbocycles. The average molecular weight is 310 g/mol. The largest absolute Gasteiger partial charge is 0.368 e. The van der Waals surface area contributed by atoms with Gasteiger partial charge < -0.3 is 19.9 Å². The molecule has 0 aromatic carbocycles. The Morgan fingerprint density at radius 2 is 1.82 bits per heavy atom. The number of carbonyl (C=O) groups is 2. The molecule has 2 saturated heterocycles. The lowest BCUT2D eigenvalue weighted by Gasteiger charge is -2.33. The van der Waals surface area contributed by atoms with Crippen LogP contribution in [0, 0.1) is 0 Å². The van der Waals surface area contributed by atoms with E-state index in [1.165, 1.54) is 17.7 Å². The third kappa shape index (κ3) is 3.98. The van der Waals surface area contributed by atoms with Gasteiger partial charge in [0, 0.05) is 12.6 Å². The second kappa shape index (κ2) is 7.42. The van der Waals surface area contributed by atoms with Crippen molar-refractivity contribution < 1.29 is 19.2 Å². The van der Waals surface area contributed by atoms with Crippen LogP contribution < -0.4 is 10.2 Å². The molecule has 3 aliphatic rings. The fourth-order valence-electron chi connectivity index (χ4n) is 3.77. The summed E-state index contributed by atoms with van der Waals surface area (Å²) in [5, 5.41) is 3.14. The summed E-state index contributed by atoms with van der Waals surface area (Å²) in [6.45, 7) is 4.45. The van der Waals surface area contributed by atoms with Crippen LogP contribution in [0.15, 0.2) is 0 Å². The first-order chi connectivity index (χ1) is 10.7. The first-order valence-electron chi connectivity index (χ1n) is 8.75. The smallest absolute Gasteiger partial charge is 0.275 e. The van der Waals surface area contributed by atoms with E-state index in [1.807, 2.05) is 4.90 Å². The van der Waals surface area contributed by atoms with Crippen molar-refractivity contribution in [3.63, 3.8) is 0 Å². The number of nitrogens with one attached hydrogen (secondary N) is 2. The second-order valence-corrected chi connectivity index (χ2v) is 6.80. The van der Waals surface area contributed by atoms with Crippen molar-refractivity contribution in [1.29, 1.82) is 0 Å². The highest BCUT2D eigenvalue weighted by atomic mass is 16.5. The van der Waals surface area contributed by atoms with E-state index >= 15 is 0 Å². The van der Waals surface area contributed by atoms with Crippen molar-refractivity contribution in [3.05, 3.63) is 0 Å². The number of ether oxygens (including phenoxy) is 1. The van der Waals surface area contributed by atoms with Gasteiger partial charge in [-0.15, -0.1) is 0 Å². The van der Waals surface area contributed by atoms with Gasteiger partial charge in [-0.25, -0.2) is 0 Å². The van der Waals surface area contributed by atoms with Crippen LogP contribution in [0.2, 0.25) is 0 Å². The monoisotopic (exact) mass is 310 g/mol. The van der Waals surface area contributed by atoms with Crippen LogP contribution in [0.4, 0.5) is 0 Å². The van der Waals surface area contributed by atoms with E-state index in [9.17, 15) is 9.59 Å². The molecular weight excluding hydrogens is 282 g/mol. The van der Waals surface area contributed by atoms with Crippen molar-refractivity contribution in [2.45, 2.75) is 50.7 Å². The van der Waals surface area contributed by atoms with Crippen molar-refractivity contribution in [1.82, 2.24) is 10.2 Å². The second-order valence-electron chi connectivity index (χ2n) is 6.80. The number of rotatable bonds is 4. The number of quaternary nitrogens is 1. The predicted octanol–water partition coefficient (Wildman–Crippen LogP) is -1.05. The Bertz CT molecular complexity index is 395. The van der Waals surface area contributed by atoms with E-state index in [0.717, 1.165) is 51.9 Å². The van der Waals surface area contributed by atoms with Crippen LogP contribution in [0.5, 0.6) is 0 Å². The normalized spacial score (nSPS) is 27.3. The van der Waals surface area contributed by atoms with E-state index in [0.29, 0.717) is 19.2 Å². The molecule has 0 spiro atoms. The van der Waals surface area contributed by atoms with Crippen LogP contribution in [-0.4, -0.2) is 68.2 Å². The van der Waals surface area contributed by atoms with Crippen LogP contribution >= 0.6 is 0 Å². The van der Waals surface area contributed by atoms with Crippen LogP contribution in [0.3, 0.4) is 0 Å². The molecule has 0 aromatic heterocycles. The molecule has 1 atom stereocenters. The van der Waals surface area contributed by atoms with Gasteiger partial charge in [0.1, 0.15) is 6.10 Å². The molecule has 22 heavy (non-hydrogen) atoms. The Kier molecular flexibility index (Phi) is 5.31. The lowest BCUT2D eigenvalue weighted by atomic mass is 10.2. The van der Waals surface area contributed by atoms with Gasteiger partial charge in [-0.05, 0) is 25.7 Å². The maximum absolute atomic E-state index is 12.3. The summed E-state index contributed by atoms with van der Waals surface area (Å²) in [6.07, 6.45) is 6.37. The maximum atomic E-state index is 12.3. The number of amides is 2. The fraction of sp³-hybridized carbons (Fsp3) is 0.875. The third-order valence-corrected chi connectivity index (χ3v) is 5.12.